The van der Waals surface area contributed by atoms with E-state index >= 15 is 0 Å². The lowest BCUT2D eigenvalue weighted by Gasteiger charge is -2.05. The summed E-state index contributed by atoms with van der Waals surface area (Å²) in [5.74, 6) is 0.723. The summed E-state index contributed by atoms with van der Waals surface area (Å²) in [5, 5.41) is 15.5. The van der Waals surface area contributed by atoms with Crippen LogP contribution in [0, 0.1) is 6.92 Å². The van der Waals surface area contributed by atoms with Gasteiger partial charge in [-0.1, -0.05) is 32.0 Å². The second kappa shape index (κ2) is 6.88. The predicted octanol–water partition coefficient (Wildman–Crippen LogP) is 2.48. The van der Waals surface area contributed by atoms with Crippen molar-refractivity contribution in [3.63, 3.8) is 0 Å². The summed E-state index contributed by atoms with van der Waals surface area (Å²) < 4.78 is 1.61. The zero-order valence-corrected chi connectivity index (χ0v) is 14.5. The Labute approximate surface area is 143 Å². The summed E-state index contributed by atoms with van der Waals surface area (Å²) in [6, 6.07) is 9.56. The van der Waals surface area contributed by atoms with Gasteiger partial charge in [0.25, 0.3) is 5.91 Å². The monoisotopic (exact) mass is 342 g/mol. The average Bonchev–Trinajstić information content (AvgIpc) is 3.20. The minimum absolute atomic E-state index is 0.153. The molecule has 2 aromatic heterocycles. The van der Waals surface area contributed by atoms with Crippen molar-refractivity contribution in [2.75, 3.05) is 0 Å². The molecule has 0 radical (unpaired) electrons. The fourth-order valence-corrected chi connectivity index (χ4v) is 3.19. The first kappa shape index (κ1) is 16.3. The quantitative estimate of drug-likeness (QED) is 0.770. The van der Waals surface area contributed by atoms with Crippen molar-refractivity contribution in [2.45, 2.75) is 33.2 Å². The second-order valence-corrected chi connectivity index (χ2v) is 6.68. The third-order valence-corrected chi connectivity index (χ3v) is 4.91. The molecule has 2 heterocycles. The van der Waals surface area contributed by atoms with Crippen molar-refractivity contribution in [2.24, 2.45) is 0 Å². The van der Waals surface area contributed by atoms with Crippen LogP contribution in [0.4, 0.5) is 0 Å². The number of carbonyl (C=O) groups excluding carboxylic acids is 1. The number of thiazole rings is 1. The number of hydrogen-bond acceptors (Lipinski definition) is 6. The van der Waals surface area contributed by atoms with Crippen LogP contribution >= 0.6 is 11.3 Å². The van der Waals surface area contributed by atoms with Crippen molar-refractivity contribution < 1.29 is 4.79 Å². The summed E-state index contributed by atoms with van der Waals surface area (Å²) in [6.45, 7) is 6.22. The van der Waals surface area contributed by atoms with E-state index in [1.165, 1.54) is 11.3 Å². The summed E-state index contributed by atoms with van der Waals surface area (Å²) in [7, 11) is 0. The van der Waals surface area contributed by atoms with Gasteiger partial charge in [-0.3, -0.25) is 4.79 Å². The van der Waals surface area contributed by atoms with Gasteiger partial charge in [0.2, 0.25) is 0 Å². The molecule has 0 aliphatic carbocycles. The zero-order valence-electron chi connectivity index (χ0n) is 13.7. The van der Waals surface area contributed by atoms with Crippen LogP contribution in [0.5, 0.6) is 0 Å². The smallest absolute Gasteiger partial charge is 0.263 e. The van der Waals surface area contributed by atoms with Crippen LogP contribution in [-0.2, 0) is 6.54 Å². The highest BCUT2D eigenvalue weighted by Crippen LogP contribution is 2.24. The molecule has 0 aliphatic heterocycles. The topological polar surface area (TPSA) is 85.6 Å². The summed E-state index contributed by atoms with van der Waals surface area (Å²) >= 11 is 1.43. The molecule has 0 saturated heterocycles. The van der Waals surface area contributed by atoms with E-state index in [2.05, 4.69) is 39.7 Å². The molecular formula is C16H18N6OS. The van der Waals surface area contributed by atoms with Crippen molar-refractivity contribution >= 4 is 17.2 Å². The van der Waals surface area contributed by atoms with E-state index in [9.17, 15) is 4.79 Å². The van der Waals surface area contributed by atoms with Gasteiger partial charge < -0.3 is 5.32 Å². The number of carbonyl (C=O) groups is 1. The van der Waals surface area contributed by atoms with Gasteiger partial charge in [-0.15, -0.1) is 16.4 Å². The molecule has 1 aromatic carbocycles. The Morgan fingerprint density at radius 3 is 2.71 bits per heavy atom. The van der Waals surface area contributed by atoms with Crippen LogP contribution in [0.1, 0.15) is 46.0 Å². The largest absolute Gasteiger partial charge is 0.344 e. The molecule has 0 fully saturated rings. The molecule has 8 heteroatoms. The van der Waals surface area contributed by atoms with Gasteiger partial charge in [0.15, 0.2) is 5.82 Å². The minimum atomic E-state index is -0.153. The molecule has 7 nitrogen and oxygen atoms in total. The molecular weight excluding hydrogens is 324 g/mol. The van der Waals surface area contributed by atoms with E-state index in [-0.39, 0.29) is 12.5 Å². The van der Waals surface area contributed by atoms with Crippen LogP contribution in [-0.4, -0.2) is 31.1 Å². The fraction of sp³-hybridized carbons (Fsp3) is 0.312. The normalized spacial score (nSPS) is 11.0. The Hall–Kier alpha value is -2.61. The first-order chi connectivity index (χ1) is 11.6. The number of nitrogens with zero attached hydrogens (tertiary/aromatic N) is 5. The van der Waals surface area contributed by atoms with Crippen LogP contribution in [0.2, 0.25) is 0 Å². The summed E-state index contributed by atoms with van der Waals surface area (Å²) in [5.41, 5.74) is 1.60. The lowest BCUT2D eigenvalue weighted by atomic mass is 10.2. The fourth-order valence-electron chi connectivity index (χ4n) is 2.20. The highest BCUT2D eigenvalue weighted by Gasteiger charge is 2.17. The third kappa shape index (κ3) is 3.33. The van der Waals surface area contributed by atoms with Crippen LogP contribution in [0.15, 0.2) is 30.3 Å². The maximum absolute atomic E-state index is 12.4. The third-order valence-electron chi connectivity index (χ3n) is 3.46. The number of aromatic nitrogens is 5. The number of benzene rings is 1. The van der Waals surface area contributed by atoms with Crippen molar-refractivity contribution in [1.82, 2.24) is 30.5 Å². The Balaban J connectivity index is 1.73. The molecule has 24 heavy (non-hydrogen) atoms. The van der Waals surface area contributed by atoms with Crippen molar-refractivity contribution in [3.8, 4) is 5.69 Å². The first-order valence-corrected chi connectivity index (χ1v) is 8.46. The number of nitrogens with one attached hydrogen (secondary N) is 1. The second-order valence-electron chi connectivity index (χ2n) is 5.65. The molecule has 0 saturated carbocycles. The zero-order chi connectivity index (χ0) is 17.1. The highest BCUT2D eigenvalue weighted by molar-refractivity contribution is 7.13. The number of amides is 1. The van der Waals surface area contributed by atoms with Crippen LogP contribution in [0.25, 0.3) is 5.69 Å². The number of rotatable bonds is 5. The van der Waals surface area contributed by atoms with E-state index < -0.39 is 0 Å². The Kier molecular flexibility index (Phi) is 4.66. The number of hydrogen-bond donors (Lipinski definition) is 1. The van der Waals surface area contributed by atoms with E-state index in [4.69, 9.17) is 0 Å². The number of tetrazole rings is 1. The Morgan fingerprint density at radius 1 is 1.29 bits per heavy atom. The van der Waals surface area contributed by atoms with Gasteiger partial charge in [-0.2, -0.15) is 4.68 Å². The van der Waals surface area contributed by atoms with Crippen LogP contribution < -0.4 is 5.32 Å². The molecule has 124 valence electrons. The maximum atomic E-state index is 12.4. The van der Waals surface area contributed by atoms with E-state index in [0.717, 1.165) is 16.4 Å². The van der Waals surface area contributed by atoms with E-state index in [1.54, 1.807) is 4.68 Å². The maximum Gasteiger partial charge on any atom is 0.263 e. The molecule has 3 rings (SSSR count). The van der Waals surface area contributed by atoms with Crippen LogP contribution in [0.3, 0.4) is 0 Å². The molecule has 1 N–H and O–H groups in total. The molecule has 3 aromatic rings. The number of para-hydroxylation sites is 1. The van der Waals surface area contributed by atoms with Crippen molar-refractivity contribution in [1.29, 1.82) is 0 Å². The van der Waals surface area contributed by atoms with E-state index in [1.807, 2.05) is 37.3 Å². The Bertz CT molecular complexity index is 839. The molecule has 0 atom stereocenters. The van der Waals surface area contributed by atoms with E-state index in [0.29, 0.717) is 16.6 Å². The summed E-state index contributed by atoms with van der Waals surface area (Å²) in [4.78, 5) is 17.5. The molecule has 1 amide bonds. The Morgan fingerprint density at radius 2 is 2.04 bits per heavy atom. The van der Waals surface area contributed by atoms with Crippen molar-refractivity contribution in [3.05, 3.63) is 51.7 Å². The first-order valence-electron chi connectivity index (χ1n) is 7.64. The van der Waals surface area contributed by atoms with Gasteiger partial charge in [-0.25, -0.2) is 4.98 Å². The lowest BCUT2D eigenvalue weighted by molar-refractivity contribution is 0.0953. The number of aryl methyl sites for hydroxylation is 1. The summed E-state index contributed by atoms with van der Waals surface area (Å²) in [6.07, 6.45) is 0. The van der Waals surface area contributed by atoms with Gasteiger partial charge in [0.05, 0.1) is 22.9 Å². The highest BCUT2D eigenvalue weighted by atomic mass is 32.1. The SMILES string of the molecule is Cc1nc(C(C)C)sc1C(=O)NCc1nnnn1-c1ccccc1. The van der Waals surface area contributed by atoms with Gasteiger partial charge in [0.1, 0.15) is 4.88 Å². The molecule has 0 aliphatic rings. The van der Waals surface area contributed by atoms with Gasteiger partial charge in [0, 0.05) is 5.92 Å². The van der Waals surface area contributed by atoms with Gasteiger partial charge in [-0.05, 0) is 29.5 Å². The predicted molar refractivity (Wildman–Crippen MR) is 91.3 cm³/mol. The molecule has 0 bridgehead atoms. The molecule has 0 spiro atoms. The van der Waals surface area contributed by atoms with Gasteiger partial charge >= 0.3 is 0 Å². The molecule has 0 unspecified atom stereocenters. The standard InChI is InChI=1S/C16H18N6OS/c1-10(2)16-18-11(3)14(24-16)15(23)17-9-13-19-20-21-22(13)12-7-5-4-6-8-12/h4-8,10H,9H2,1-3H3,(H,17,23). The lowest BCUT2D eigenvalue weighted by Crippen LogP contribution is -2.24. The average molecular weight is 342 g/mol. The minimum Gasteiger partial charge on any atom is -0.344 e.